The molecule has 2 rings (SSSR count). The molecule has 26 heteroatoms. The lowest BCUT2D eigenvalue weighted by Gasteiger charge is -2.63. The summed E-state index contributed by atoms with van der Waals surface area (Å²) in [5.74, 6) is -89.5. The zero-order valence-electron chi connectivity index (χ0n) is 16.0. The van der Waals surface area contributed by atoms with Gasteiger partial charge in [-0.15, -0.1) is 0 Å². The number of hydrogen-bond donors (Lipinski definition) is 2. The van der Waals surface area contributed by atoms with Crippen molar-refractivity contribution < 1.29 is 110 Å². The molecule has 0 unspecified atom stereocenters. The van der Waals surface area contributed by atoms with Crippen molar-refractivity contribution in [2.75, 3.05) is 0 Å². The second kappa shape index (κ2) is 6.53. The van der Waals surface area contributed by atoms with Crippen molar-refractivity contribution in [2.24, 2.45) is 0 Å². The zero-order valence-corrected chi connectivity index (χ0v) is 16.8. The van der Waals surface area contributed by atoms with Gasteiger partial charge in [-0.1, -0.05) is 0 Å². The van der Waals surface area contributed by atoms with E-state index in [9.17, 15) is 101 Å². The maximum Gasteiger partial charge on any atom is 0.384 e. The van der Waals surface area contributed by atoms with E-state index in [1.54, 1.807) is 0 Å². The van der Waals surface area contributed by atoms with Crippen LogP contribution in [0.2, 0.25) is 0 Å². The summed E-state index contributed by atoms with van der Waals surface area (Å²) < 4.78 is 332. The Morgan fingerprint density at radius 3 is 0.526 bits per heavy atom. The summed E-state index contributed by atoms with van der Waals surface area (Å²) in [6.45, 7) is 0. The summed E-state index contributed by atoms with van der Waals surface area (Å²) in [6, 6.07) is 0. The molecule has 0 aromatic heterocycles. The summed E-state index contributed by atoms with van der Waals surface area (Å²) in [6.07, 6.45) is 0. The van der Waals surface area contributed by atoms with Gasteiger partial charge in [-0.05, 0) is 0 Å². The molecule has 0 bridgehead atoms. The van der Waals surface area contributed by atoms with Crippen molar-refractivity contribution in [1.29, 1.82) is 0 Å². The first-order chi connectivity index (χ1) is 15.8. The lowest BCUT2D eigenvalue weighted by Crippen LogP contribution is -2.96. The Kier molecular flexibility index (Phi) is 5.63. The van der Waals surface area contributed by atoms with Gasteiger partial charge in [0.05, 0.1) is 0 Å². The predicted molar refractivity (Wildman–Crippen MR) is 70.5 cm³/mol. The zero-order chi connectivity index (χ0) is 31.4. The van der Waals surface area contributed by atoms with Gasteiger partial charge in [0.15, 0.2) is 9.63 Å². The minimum atomic E-state index is -12.5. The van der Waals surface area contributed by atoms with Crippen molar-refractivity contribution in [2.45, 2.75) is 69.2 Å². The largest absolute Gasteiger partial charge is 0.384 e. The topological polar surface area (TPSA) is 57.5 Å². The van der Waals surface area contributed by atoms with Crippen LogP contribution in [0.1, 0.15) is 0 Å². The minimum Gasteiger partial charge on any atom is -0.302 e. The molecule has 228 valence electrons. The second-order valence-corrected chi connectivity index (χ2v) is 10.7. The van der Waals surface area contributed by atoms with Gasteiger partial charge in [-0.25, -0.2) is 13.0 Å². The third-order valence-electron chi connectivity index (χ3n) is 5.78. The van der Waals surface area contributed by atoms with Crippen molar-refractivity contribution >= 4 is 9.63 Å². The Labute approximate surface area is 190 Å². The summed E-state index contributed by atoms with van der Waals surface area (Å²) >= 11 is 0. The fourth-order valence-corrected chi connectivity index (χ4v) is 6.25. The number of hydrogen-bond acceptors (Lipinski definition) is 1. The van der Waals surface area contributed by atoms with Crippen molar-refractivity contribution in [1.82, 2.24) is 0 Å². The molecule has 0 saturated heterocycles. The molecule has 2 saturated carbocycles. The first kappa shape index (κ1) is 32.7. The Bertz CT molecular complexity index is 975. The molecule has 0 atom stereocenters. The normalized spacial score (nSPS) is 34.9. The van der Waals surface area contributed by atoms with Crippen LogP contribution >= 0.6 is 0 Å². The van der Waals surface area contributed by atoms with Gasteiger partial charge >= 0.3 is 69.2 Å². The highest BCUT2D eigenvalue weighted by Gasteiger charge is 3.13. The summed E-state index contributed by atoms with van der Waals surface area (Å²) in [5.41, 5.74) is 0. The molecule has 0 spiro atoms. The smallest absolute Gasteiger partial charge is 0.302 e. The van der Waals surface area contributed by atoms with Crippen LogP contribution in [-0.2, 0) is 9.63 Å². The molecule has 0 heterocycles. The molecule has 0 amide bonds. The number of halogens is 22. The maximum atomic E-state index is 14.9. The van der Waals surface area contributed by atoms with Gasteiger partial charge in [0.25, 0.3) is 0 Å². The lowest BCUT2D eigenvalue weighted by atomic mass is 9.80. The summed E-state index contributed by atoms with van der Waals surface area (Å²) in [5, 5.41) is -19.5. The van der Waals surface area contributed by atoms with E-state index in [4.69, 9.17) is 9.11 Å². The average Bonchev–Trinajstić information content (AvgIpc) is 2.68. The van der Waals surface area contributed by atoms with Crippen LogP contribution in [0.3, 0.4) is 0 Å². The van der Waals surface area contributed by atoms with E-state index in [1.165, 1.54) is 0 Å². The number of rotatable bonds is 2. The highest BCUT2D eigenvalue weighted by Crippen LogP contribution is 2.80. The fraction of sp³-hybridized carbons (Fsp3) is 1.00. The van der Waals surface area contributed by atoms with Gasteiger partial charge in [0, 0.05) is 0 Å². The molecule has 2 aliphatic carbocycles. The SMILES string of the molecule is O=S(O)(O)(C1(F)C(F)(F)C(F)(F)C(F)(F)C(F)(F)C1(F)F)C1(F)C(F)(F)C(F)(F)C(F)(F)C(F)(F)C1(F)F. The first-order valence-electron chi connectivity index (χ1n) is 8.10. The Balaban J connectivity index is 3.36. The van der Waals surface area contributed by atoms with E-state index in [0.29, 0.717) is 0 Å². The quantitative estimate of drug-likeness (QED) is 0.340. The highest BCUT2D eigenvalue weighted by atomic mass is 32.3. The molecule has 0 aromatic carbocycles. The molecular formula is C12H2F22O3S. The molecule has 2 fully saturated rings. The standard InChI is InChI=1S/C12H2F22O3S/c13-1(14)3(17,18)7(25,26)11(33,8(27,28)4(1,19)20)38(35,36,37)12(34)9(29,30)5(21,22)2(15,16)6(23,24)10(12,31)32/h(H2,35,36,37). The highest BCUT2D eigenvalue weighted by molar-refractivity contribution is 8.12. The van der Waals surface area contributed by atoms with E-state index in [0.717, 1.165) is 0 Å². The van der Waals surface area contributed by atoms with Crippen LogP contribution in [0.5, 0.6) is 0 Å². The van der Waals surface area contributed by atoms with Crippen LogP contribution in [0.4, 0.5) is 96.6 Å². The van der Waals surface area contributed by atoms with Crippen LogP contribution in [-0.4, -0.2) is 82.5 Å². The molecule has 2 aliphatic rings. The molecule has 3 nitrogen and oxygen atoms in total. The van der Waals surface area contributed by atoms with Gasteiger partial charge in [-0.3, -0.25) is 0 Å². The molecule has 0 aliphatic heterocycles. The number of alkyl halides is 22. The van der Waals surface area contributed by atoms with Crippen molar-refractivity contribution in [3.63, 3.8) is 0 Å². The van der Waals surface area contributed by atoms with E-state index >= 15 is 0 Å². The molecular weight excluding hydrogens is 642 g/mol. The molecule has 2 N–H and O–H groups in total. The van der Waals surface area contributed by atoms with E-state index in [2.05, 4.69) is 0 Å². The van der Waals surface area contributed by atoms with Crippen LogP contribution in [0, 0.1) is 0 Å². The summed E-state index contributed by atoms with van der Waals surface area (Å²) in [4.78, 5) is 0. The summed E-state index contributed by atoms with van der Waals surface area (Å²) in [7, 11) is -12.5. The Morgan fingerprint density at radius 2 is 0.395 bits per heavy atom. The van der Waals surface area contributed by atoms with E-state index < -0.39 is 78.9 Å². The molecule has 0 radical (unpaired) electrons. The van der Waals surface area contributed by atoms with E-state index in [1.807, 2.05) is 0 Å². The van der Waals surface area contributed by atoms with Gasteiger partial charge < -0.3 is 9.11 Å². The maximum absolute atomic E-state index is 14.9. The monoisotopic (exact) mass is 644 g/mol. The van der Waals surface area contributed by atoms with Crippen LogP contribution in [0.15, 0.2) is 0 Å². The molecule has 0 aromatic rings. The first-order valence-corrected chi connectivity index (χ1v) is 9.98. The molecule has 38 heavy (non-hydrogen) atoms. The van der Waals surface area contributed by atoms with Gasteiger partial charge in [0.1, 0.15) is 0 Å². The minimum absolute atomic E-state index is 8.51. The third-order valence-corrected chi connectivity index (χ3v) is 8.84. The average molecular weight is 644 g/mol. The predicted octanol–water partition coefficient (Wildman–Crippen LogP) is 6.46. The van der Waals surface area contributed by atoms with Crippen LogP contribution in [0.25, 0.3) is 0 Å². The van der Waals surface area contributed by atoms with Crippen LogP contribution < -0.4 is 0 Å². The van der Waals surface area contributed by atoms with Gasteiger partial charge in [-0.2, -0.15) is 87.8 Å². The lowest BCUT2D eigenvalue weighted by molar-refractivity contribution is -0.482. The van der Waals surface area contributed by atoms with Crippen molar-refractivity contribution in [3.05, 3.63) is 0 Å². The Morgan fingerprint density at radius 1 is 0.289 bits per heavy atom. The third kappa shape index (κ3) is 2.28. The second-order valence-electron chi connectivity index (χ2n) is 7.80. The Hall–Kier alpha value is -1.47. The fourth-order valence-electron chi connectivity index (χ4n) is 3.50. The van der Waals surface area contributed by atoms with Gasteiger partial charge in [0.2, 0.25) is 0 Å². The van der Waals surface area contributed by atoms with Crippen molar-refractivity contribution in [3.8, 4) is 0 Å². The van der Waals surface area contributed by atoms with E-state index in [-0.39, 0.29) is 0 Å².